The third kappa shape index (κ3) is 4.90. The van der Waals surface area contributed by atoms with Crippen LogP contribution in [0.25, 0.3) is 0 Å². The smallest absolute Gasteiger partial charge is 0.0591 e. The first-order valence-electron chi connectivity index (χ1n) is 7.57. The van der Waals surface area contributed by atoms with Crippen LogP contribution in [0.2, 0.25) is 0 Å². The second kappa shape index (κ2) is 9.18. The molecule has 0 unspecified atom stereocenters. The molecule has 0 saturated heterocycles. The van der Waals surface area contributed by atoms with E-state index in [-0.39, 0.29) is 4.75 Å². The Kier molecular flexibility index (Phi) is 9.26. The Balaban J connectivity index is 5.48. The first-order chi connectivity index (χ1) is 8.99. The monoisotopic (exact) mass is 302 g/mol. The van der Waals surface area contributed by atoms with Crippen molar-refractivity contribution in [2.45, 2.75) is 58.0 Å². The molecule has 0 aromatic rings. The van der Waals surface area contributed by atoms with E-state index >= 15 is 0 Å². The summed E-state index contributed by atoms with van der Waals surface area (Å²) < 4.78 is 0.203. The van der Waals surface area contributed by atoms with E-state index in [2.05, 4.69) is 72.1 Å². The van der Waals surface area contributed by atoms with Gasteiger partial charge in [-0.25, -0.2) is 10.0 Å². The van der Waals surface area contributed by atoms with Crippen molar-refractivity contribution < 1.29 is 0 Å². The average molecular weight is 303 g/mol. The predicted molar refractivity (Wildman–Crippen MR) is 99.2 cm³/mol. The fourth-order valence-electron chi connectivity index (χ4n) is 2.83. The number of thioether (sulfide) groups is 1. The van der Waals surface area contributed by atoms with Gasteiger partial charge in [-0.05, 0) is 49.0 Å². The van der Waals surface area contributed by atoms with Crippen molar-refractivity contribution in [2.75, 3.05) is 23.5 Å². The highest BCUT2D eigenvalue weighted by Crippen LogP contribution is 2.57. The second-order valence-corrected chi connectivity index (χ2v) is 10.9. The van der Waals surface area contributed by atoms with Crippen LogP contribution < -0.4 is 0 Å². The summed E-state index contributed by atoms with van der Waals surface area (Å²) in [6.07, 6.45) is 12.8. The average Bonchev–Trinajstić information content (AvgIpc) is 2.44. The van der Waals surface area contributed by atoms with E-state index in [1.807, 2.05) is 11.8 Å². The third-order valence-electron chi connectivity index (χ3n) is 4.37. The lowest BCUT2D eigenvalue weighted by molar-refractivity contribution is 0.872. The largest absolute Gasteiger partial charge is 0.237 e. The third-order valence-corrected chi connectivity index (χ3v) is 11.1. The Morgan fingerprint density at radius 3 is 1.79 bits per heavy atom. The van der Waals surface area contributed by atoms with Crippen LogP contribution in [0.4, 0.5) is 0 Å². The summed E-state index contributed by atoms with van der Waals surface area (Å²) in [7, 11) is -0.539. The topological polar surface area (TPSA) is 0 Å². The van der Waals surface area contributed by atoms with Gasteiger partial charge in [-0.15, -0.1) is 11.8 Å². The molecule has 0 spiro atoms. The summed E-state index contributed by atoms with van der Waals surface area (Å²) in [6, 6.07) is 0. The van der Waals surface area contributed by atoms with Crippen LogP contribution in [-0.2, 0) is 0 Å². The zero-order chi connectivity index (χ0) is 14.9. The molecule has 0 aliphatic heterocycles. The van der Waals surface area contributed by atoms with Gasteiger partial charge in [0.05, 0.1) is 4.75 Å². The Bertz CT molecular complexity index is 276. The first kappa shape index (κ1) is 19.2. The van der Waals surface area contributed by atoms with Crippen molar-refractivity contribution in [2.24, 2.45) is 0 Å². The van der Waals surface area contributed by atoms with Gasteiger partial charge in [-0.3, -0.25) is 0 Å². The molecule has 0 aromatic heterocycles. The summed E-state index contributed by atoms with van der Waals surface area (Å²) in [5.74, 6) is 4.05. The minimum absolute atomic E-state index is 0.203. The molecular formula is C17H34S2. The minimum atomic E-state index is -0.539. The van der Waals surface area contributed by atoms with Gasteiger partial charge in [0.1, 0.15) is 0 Å². The Hall–Kier alpha value is 0.180. The maximum atomic E-state index is 2.47. The molecule has 0 aromatic carbocycles. The highest BCUT2D eigenvalue weighted by atomic mass is 32.3. The van der Waals surface area contributed by atoms with E-state index < -0.39 is 10.0 Å². The molecule has 0 heterocycles. The number of rotatable bonds is 9. The Morgan fingerprint density at radius 2 is 1.53 bits per heavy atom. The maximum absolute atomic E-state index is 2.47. The van der Waals surface area contributed by atoms with E-state index in [1.54, 1.807) is 0 Å². The first-order valence-corrected chi connectivity index (χ1v) is 11.0. The van der Waals surface area contributed by atoms with Crippen LogP contribution in [-0.4, -0.2) is 33.5 Å². The van der Waals surface area contributed by atoms with Crippen molar-refractivity contribution in [3.63, 3.8) is 0 Å². The summed E-state index contributed by atoms with van der Waals surface area (Å²) in [5.41, 5.74) is 0. The molecule has 1 atom stereocenters. The standard InChI is InChI=1S/C17H34S2/c1-8-13-17(18-7,14-9-2)15-19(11-4,12-5)16(6)10-3/h8-9,13-14,16H,10-12,15H2,1-7H3/t16-,17?/m1/s1. The van der Waals surface area contributed by atoms with Gasteiger partial charge in [-0.2, -0.15) is 0 Å². The molecule has 0 N–H and O–H groups in total. The summed E-state index contributed by atoms with van der Waals surface area (Å²) in [4.78, 5) is 0. The van der Waals surface area contributed by atoms with Crippen molar-refractivity contribution in [3.05, 3.63) is 24.3 Å². The van der Waals surface area contributed by atoms with E-state index in [0.29, 0.717) is 0 Å². The van der Waals surface area contributed by atoms with Crippen LogP contribution in [0.5, 0.6) is 0 Å². The van der Waals surface area contributed by atoms with Crippen molar-refractivity contribution in [1.29, 1.82) is 0 Å². The molecule has 114 valence electrons. The van der Waals surface area contributed by atoms with Gasteiger partial charge >= 0.3 is 0 Å². The fraction of sp³-hybridized carbons (Fsp3) is 0.765. The lowest BCUT2D eigenvalue weighted by atomic mass is 10.1. The van der Waals surface area contributed by atoms with Gasteiger partial charge in [0.15, 0.2) is 0 Å². The second-order valence-electron chi connectivity index (χ2n) is 5.21. The van der Waals surface area contributed by atoms with E-state index in [1.165, 1.54) is 23.7 Å². The van der Waals surface area contributed by atoms with Crippen LogP contribution >= 0.6 is 21.8 Å². The normalized spacial score (nSPS) is 18.9. The van der Waals surface area contributed by atoms with Gasteiger partial charge in [-0.1, -0.05) is 52.0 Å². The lowest BCUT2D eigenvalue weighted by Gasteiger charge is -2.48. The maximum Gasteiger partial charge on any atom is 0.0591 e. The fourth-order valence-corrected chi connectivity index (χ4v) is 8.59. The number of hydrogen-bond acceptors (Lipinski definition) is 1. The molecule has 0 radical (unpaired) electrons. The summed E-state index contributed by atoms with van der Waals surface area (Å²) in [6.45, 7) is 13.9. The number of hydrogen-bond donors (Lipinski definition) is 0. The summed E-state index contributed by atoms with van der Waals surface area (Å²) in [5, 5.41) is 0.865. The molecule has 0 rings (SSSR count). The molecule has 0 amide bonds. The van der Waals surface area contributed by atoms with Crippen LogP contribution in [0, 0.1) is 0 Å². The quantitative estimate of drug-likeness (QED) is 0.479. The molecule has 0 aliphatic rings. The van der Waals surface area contributed by atoms with Crippen molar-refractivity contribution in [1.82, 2.24) is 0 Å². The molecule has 0 bridgehead atoms. The van der Waals surface area contributed by atoms with Crippen LogP contribution in [0.3, 0.4) is 0 Å². The van der Waals surface area contributed by atoms with E-state index in [4.69, 9.17) is 0 Å². The predicted octanol–water partition coefficient (Wildman–Crippen LogP) is 5.88. The number of allylic oxidation sites excluding steroid dienone is 2. The van der Waals surface area contributed by atoms with Crippen molar-refractivity contribution >= 4 is 21.8 Å². The molecule has 0 saturated carbocycles. The molecule has 0 fully saturated rings. The van der Waals surface area contributed by atoms with E-state index in [9.17, 15) is 0 Å². The van der Waals surface area contributed by atoms with Crippen LogP contribution in [0.15, 0.2) is 24.3 Å². The highest BCUT2D eigenvalue weighted by molar-refractivity contribution is 8.34. The molecular weight excluding hydrogens is 268 g/mol. The molecule has 19 heavy (non-hydrogen) atoms. The zero-order valence-electron chi connectivity index (χ0n) is 14.0. The van der Waals surface area contributed by atoms with Gasteiger partial charge in [0.25, 0.3) is 0 Å². The van der Waals surface area contributed by atoms with Crippen molar-refractivity contribution in [3.8, 4) is 0 Å². The zero-order valence-corrected chi connectivity index (χ0v) is 15.7. The lowest BCUT2D eigenvalue weighted by Crippen LogP contribution is -2.34. The molecule has 0 aliphatic carbocycles. The van der Waals surface area contributed by atoms with Gasteiger partial charge in [0.2, 0.25) is 0 Å². The highest BCUT2D eigenvalue weighted by Gasteiger charge is 2.35. The Labute approximate surface area is 127 Å². The SMILES string of the molecule is CC=CC(C=CC)(CS(CC)(CC)[C@H](C)CC)SC. The van der Waals surface area contributed by atoms with Crippen LogP contribution in [0.1, 0.15) is 48.0 Å². The van der Waals surface area contributed by atoms with E-state index in [0.717, 1.165) is 5.25 Å². The van der Waals surface area contributed by atoms with Gasteiger partial charge < -0.3 is 0 Å². The Morgan fingerprint density at radius 1 is 1.05 bits per heavy atom. The molecule has 2 heteroatoms. The minimum Gasteiger partial charge on any atom is -0.237 e. The van der Waals surface area contributed by atoms with Gasteiger partial charge in [0, 0.05) is 0 Å². The molecule has 0 nitrogen and oxygen atoms in total. The summed E-state index contributed by atoms with van der Waals surface area (Å²) >= 11 is 2.00.